The van der Waals surface area contributed by atoms with Gasteiger partial charge in [-0.25, -0.2) is 18.4 Å². The maximum Gasteiger partial charge on any atom is 0.340 e. The fourth-order valence-corrected chi connectivity index (χ4v) is 3.99. The van der Waals surface area contributed by atoms with E-state index in [4.69, 9.17) is 5.14 Å². The van der Waals surface area contributed by atoms with Crippen molar-refractivity contribution in [3.63, 3.8) is 0 Å². The zero-order valence-corrected chi connectivity index (χ0v) is 12.4. The van der Waals surface area contributed by atoms with Crippen LogP contribution in [-0.2, 0) is 19.6 Å². The average molecular weight is 318 g/mol. The van der Waals surface area contributed by atoms with Crippen LogP contribution >= 0.6 is 11.3 Å². The number of anilines is 1. The Morgan fingerprint density at radius 2 is 2.30 bits per heavy atom. The van der Waals surface area contributed by atoms with Gasteiger partial charge in [0.15, 0.2) is 0 Å². The van der Waals surface area contributed by atoms with Crippen LogP contribution in [0.5, 0.6) is 0 Å². The van der Waals surface area contributed by atoms with Crippen molar-refractivity contribution in [2.24, 2.45) is 11.1 Å². The number of carbonyl (C=O) groups is 2. The Morgan fingerprint density at radius 3 is 2.90 bits per heavy atom. The van der Waals surface area contributed by atoms with Crippen LogP contribution in [0.2, 0.25) is 0 Å². The second kappa shape index (κ2) is 5.51. The molecule has 0 bridgehead atoms. The number of primary sulfonamides is 1. The summed E-state index contributed by atoms with van der Waals surface area (Å²) in [5, 5.41) is 7.16. The molecule has 1 saturated heterocycles. The van der Waals surface area contributed by atoms with Crippen LogP contribution in [0, 0.1) is 5.92 Å². The number of ether oxygens (including phenoxy) is 1. The predicted octanol–water partition coefficient (Wildman–Crippen LogP) is 0.176. The number of hydrogen-bond donors (Lipinski definition) is 1. The lowest BCUT2D eigenvalue weighted by Crippen LogP contribution is -2.28. The molecule has 0 radical (unpaired) electrons. The lowest BCUT2D eigenvalue weighted by molar-refractivity contribution is -0.117. The normalized spacial score (nSPS) is 19.4. The van der Waals surface area contributed by atoms with Crippen LogP contribution in [0.25, 0.3) is 0 Å². The molecular weight excluding hydrogens is 304 g/mol. The van der Waals surface area contributed by atoms with Crippen LogP contribution in [0.4, 0.5) is 5.00 Å². The Hall–Kier alpha value is -1.45. The molecule has 1 aromatic rings. The van der Waals surface area contributed by atoms with E-state index in [1.54, 1.807) is 11.4 Å². The highest BCUT2D eigenvalue weighted by Crippen LogP contribution is 2.33. The summed E-state index contributed by atoms with van der Waals surface area (Å²) in [6, 6.07) is 1.58. The van der Waals surface area contributed by atoms with Gasteiger partial charge in [0, 0.05) is 18.9 Å². The van der Waals surface area contributed by atoms with Crippen LogP contribution in [0.3, 0.4) is 0 Å². The number of sulfonamides is 1. The van der Waals surface area contributed by atoms with Crippen molar-refractivity contribution >= 4 is 38.2 Å². The first-order chi connectivity index (χ1) is 9.31. The molecule has 2 rings (SSSR count). The van der Waals surface area contributed by atoms with E-state index in [1.165, 1.54) is 23.3 Å². The van der Waals surface area contributed by atoms with Gasteiger partial charge in [0.1, 0.15) is 5.00 Å². The van der Waals surface area contributed by atoms with Crippen molar-refractivity contribution in [2.75, 3.05) is 24.3 Å². The summed E-state index contributed by atoms with van der Waals surface area (Å²) in [5.41, 5.74) is 0.308. The molecule has 0 saturated carbocycles. The standard InChI is InChI=1S/C11H14N2O5S2/c1-18-11(15)8-2-3-19-10(8)13-5-7(4-9(13)14)6-20(12,16)17/h2-3,7H,4-6H2,1H3,(H2,12,16,17). The zero-order valence-electron chi connectivity index (χ0n) is 10.7. The highest BCUT2D eigenvalue weighted by atomic mass is 32.2. The van der Waals surface area contributed by atoms with Crippen molar-refractivity contribution in [3.05, 3.63) is 17.0 Å². The molecule has 1 unspecified atom stereocenters. The number of amides is 1. The quantitative estimate of drug-likeness (QED) is 0.797. The fourth-order valence-electron chi connectivity index (χ4n) is 2.19. The number of esters is 1. The highest BCUT2D eigenvalue weighted by Gasteiger charge is 2.35. The van der Waals surface area contributed by atoms with Gasteiger partial charge in [-0.1, -0.05) is 0 Å². The van der Waals surface area contributed by atoms with Gasteiger partial charge < -0.3 is 9.64 Å². The first kappa shape index (κ1) is 14.9. The molecule has 1 aromatic heterocycles. The maximum absolute atomic E-state index is 12.0. The first-order valence-corrected chi connectivity index (χ1v) is 8.38. The SMILES string of the molecule is COC(=O)c1ccsc1N1CC(CS(N)(=O)=O)CC1=O. The molecular formula is C11H14N2O5S2. The van der Waals surface area contributed by atoms with Crippen molar-refractivity contribution in [3.8, 4) is 0 Å². The molecule has 0 spiro atoms. The Kier molecular flexibility index (Phi) is 4.11. The monoisotopic (exact) mass is 318 g/mol. The van der Waals surface area contributed by atoms with E-state index in [0.717, 1.165) is 0 Å². The van der Waals surface area contributed by atoms with Crippen LogP contribution < -0.4 is 10.0 Å². The van der Waals surface area contributed by atoms with Gasteiger partial charge in [-0.3, -0.25) is 4.79 Å². The number of rotatable bonds is 4. The summed E-state index contributed by atoms with van der Waals surface area (Å²) >= 11 is 1.24. The molecule has 0 aromatic carbocycles. The molecule has 2 heterocycles. The molecule has 1 aliphatic heterocycles. The van der Waals surface area contributed by atoms with Crippen LogP contribution in [0.15, 0.2) is 11.4 Å². The fraction of sp³-hybridized carbons (Fsp3) is 0.455. The van der Waals surface area contributed by atoms with Crippen molar-refractivity contribution in [1.29, 1.82) is 0 Å². The van der Waals surface area contributed by atoms with Crippen LogP contribution in [-0.4, -0.2) is 39.7 Å². The number of hydrogen-bond acceptors (Lipinski definition) is 6. The maximum atomic E-state index is 12.0. The number of thiophene rings is 1. The van der Waals surface area contributed by atoms with Gasteiger partial charge in [0.2, 0.25) is 15.9 Å². The summed E-state index contributed by atoms with van der Waals surface area (Å²) in [5.74, 6) is -1.34. The number of nitrogens with two attached hydrogens (primary N) is 1. The van der Waals surface area contributed by atoms with Gasteiger partial charge in [-0.15, -0.1) is 11.3 Å². The molecule has 20 heavy (non-hydrogen) atoms. The number of nitrogens with zero attached hydrogens (tertiary/aromatic N) is 1. The predicted molar refractivity (Wildman–Crippen MR) is 74.1 cm³/mol. The van der Waals surface area contributed by atoms with Crippen molar-refractivity contribution in [1.82, 2.24) is 0 Å². The zero-order chi connectivity index (χ0) is 14.9. The Morgan fingerprint density at radius 1 is 1.60 bits per heavy atom. The molecule has 1 aliphatic rings. The first-order valence-electron chi connectivity index (χ1n) is 5.78. The molecule has 0 aliphatic carbocycles. The number of methoxy groups -OCH3 is 1. The van der Waals surface area contributed by atoms with Gasteiger partial charge in [0.25, 0.3) is 0 Å². The van der Waals surface area contributed by atoms with E-state index < -0.39 is 16.0 Å². The molecule has 9 heteroatoms. The van der Waals surface area contributed by atoms with E-state index in [-0.39, 0.29) is 30.5 Å². The van der Waals surface area contributed by atoms with E-state index in [9.17, 15) is 18.0 Å². The lowest BCUT2D eigenvalue weighted by atomic mass is 10.1. The summed E-state index contributed by atoms with van der Waals surface area (Å²) in [4.78, 5) is 25.0. The molecule has 1 fully saturated rings. The molecule has 1 amide bonds. The Bertz CT molecular complexity index is 637. The van der Waals surface area contributed by atoms with Gasteiger partial charge >= 0.3 is 5.97 Å². The molecule has 7 nitrogen and oxygen atoms in total. The Balaban J connectivity index is 2.20. The minimum atomic E-state index is -3.62. The molecule has 2 N–H and O–H groups in total. The van der Waals surface area contributed by atoms with E-state index in [1.807, 2.05) is 0 Å². The smallest absolute Gasteiger partial charge is 0.340 e. The second-order valence-corrected chi connectivity index (χ2v) is 7.09. The van der Waals surface area contributed by atoms with E-state index in [0.29, 0.717) is 10.6 Å². The minimum absolute atomic E-state index is 0.106. The summed E-state index contributed by atoms with van der Waals surface area (Å²) in [6.45, 7) is 0.236. The largest absolute Gasteiger partial charge is 0.465 e. The van der Waals surface area contributed by atoms with Crippen LogP contribution in [0.1, 0.15) is 16.8 Å². The minimum Gasteiger partial charge on any atom is -0.465 e. The van der Waals surface area contributed by atoms with Gasteiger partial charge in [-0.2, -0.15) is 0 Å². The van der Waals surface area contributed by atoms with E-state index >= 15 is 0 Å². The molecule has 110 valence electrons. The third-order valence-corrected chi connectivity index (χ3v) is 4.84. The third kappa shape index (κ3) is 3.17. The topological polar surface area (TPSA) is 107 Å². The van der Waals surface area contributed by atoms with Crippen molar-refractivity contribution in [2.45, 2.75) is 6.42 Å². The molecule has 1 atom stereocenters. The Labute approximate surface area is 120 Å². The van der Waals surface area contributed by atoms with E-state index in [2.05, 4.69) is 4.74 Å². The lowest BCUT2D eigenvalue weighted by Gasteiger charge is -2.16. The van der Waals surface area contributed by atoms with Crippen molar-refractivity contribution < 1.29 is 22.7 Å². The highest BCUT2D eigenvalue weighted by molar-refractivity contribution is 7.89. The summed E-state index contributed by atoms with van der Waals surface area (Å²) in [6.07, 6.45) is 0.106. The van der Waals surface area contributed by atoms with Gasteiger partial charge in [0.05, 0.1) is 18.4 Å². The number of carbonyl (C=O) groups excluding carboxylic acids is 2. The second-order valence-electron chi connectivity index (χ2n) is 4.54. The third-order valence-electron chi connectivity index (χ3n) is 2.97. The van der Waals surface area contributed by atoms with Gasteiger partial charge in [-0.05, 0) is 11.4 Å². The average Bonchev–Trinajstić information content (AvgIpc) is 2.92. The summed E-state index contributed by atoms with van der Waals surface area (Å²) in [7, 11) is -2.36. The summed E-state index contributed by atoms with van der Waals surface area (Å²) < 4.78 is 26.8.